The second-order valence-electron chi connectivity index (χ2n) is 8.07. The van der Waals surface area contributed by atoms with E-state index in [2.05, 4.69) is 26.2 Å². The summed E-state index contributed by atoms with van der Waals surface area (Å²) in [4.78, 5) is 24.6. The number of nitrogens with one attached hydrogen (secondary N) is 3. The molecule has 2 aromatic heterocycles. The summed E-state index contributed by atoms with van der Waals surface area (Å²) >= 11 is 5.83. The number of alkyl halides is 3. The molecule has 0 fully saturated rings. The Kier molecular flexibility index (Phi) is 6.41. The number of nitrogens with zero attached hydrogens (tertiary/aromatic N) is 3. The zero-order chi connectivity index (χ0) is 24.6. The Morgan fingerprint density at radius 3 is 2.12 bits per heavy atom. The Labute approximate surface area is 191 Å². The molecule has 0 spiro atoms. The van der Waals surface area contributed by atoms with Gasteiger partial charge in [0.25, 0.3) is 5.91 Å². The van der Waals surface area contributed by atoms with Gasteiger partial charge in [-0.2, -0.15) is 18.3 Å². The van der Waals surface area contributed by atoms with Crippen molar-refractivity contribution in [2.75, 3.05) is 16.0 Å². The third kappa shape index (κ3) is 5.64. The van der Waals surface area contributed by atoms with Crippen molar-refractivity contribution in [3.8, 4) is 0 Å². The zero-order valence-corrected chi connectivity index (χ0v) is 18.7. The Morgan fingerprint density at radius 1 is 1.03 bits per heavy atom. The van der Waals surface area contributed by atoms with Gasteiger partial charge in [-0.15, -0.1) is 0 Å². The Morgan fingerprint density at radius 2 is 1.61 bits per heavy atom. The number of hydrogen-bond acceptors (Lipinski definition) is 5. The van der Waals surface area contributed by atoms with E-state index < -0.39 is 34.5 Å². The molecule has 0 atom stereocenters. The molecule has 13 heteroatoms. The van der Waals surface area contributed by atoms with Crippen LogP contribution < -0.4 is 16.0 Å². The van der Waals surface area contributed by atoms with E-state index in [0.29, 0.717) is 11.4 Å². The highest BCUT2D eigenvalue weighted by Crippen LogP contribution is 2.34. The normalized spacial score (nSPS) is 11.9. The molecular weight excluding hydrogens is 465 g/mol. The first-order chi connectivity index (χ1) is 15.3. The summed E-state index contributed by atoms with van der Waals surface area (Å²) < 4.78 is 45.4. The summed E-state index contributed by atoms with van der Waals surface area (Å²) in [5, 5.41) is 14.0. The summed E-state index contributed by atoms with van der Waals surface area (Å²) in [5.41, 5.74) is -1.89. The highest BCUT2D eigenvalue weighted by molar-refractivity contribution is 6.33. The highest BCUT2D eigenvalue weighted by Gasteiger charge is 2.41. The number of rotatable bonds is 4. The fourth-order valence-corrected chi connectivity index (χ4v) is 2.91. The largest absolute Gasteiger partial charge is 0.436 e. The minimum atomic E-state index is -4.85. The molecule has 176 valence electrons. The molecule has 3 aromatic rings. The molecule has 0 saturated carbocycles. The molecule has 0 radical (unpaired) electrons. The fraction of sp³-hybridized carbons (Fsp3) is 0.300. The zero-order valence-electron chi connectivity index (χ0n) is 18.0. The van der Waals surface area contributed by atoms with Gasteiger partial charge < -0.3 is 15.2 Å². The van der Waals surface area contributed by atoms with E-state index in [1.807, 2.05) is 20.8 Å². The number of halogens is 4. The van der Waals surface area contributed by atoms with Crippen molar-refractivity contribution in [3.05, 3.63) is 52.5 Å². The van der Waals surface area contributed by atoms with Crippen molar-refractivity contribution in [2.24, 2.45) is 7.05 Å². The van der Waals surface area contributed by atoms with E-state index in [4.69, 9.17) is 16.1 Å². The number of urea groups is 1. The average molecular weight is 485 g/mol. The molecular formula is C20H20ClF3N6O3. The maximum absolute atomic E-state index is 13.2. The molecule has 3 amide bonds. The van der Waals surface area contributed by atoms with Crippen molar-refractivity contribution >= 4 is 40.7 Å². The number of carbonyl (C=O) groups excluding carboxylic acids is 2. The van der Waals surface area contributed by atoms with Gasteiger partial charge in [0.1, 0.15) is 16.5 Å². The number of aromatic nitrogens is 3. The topological polar surface area (TPSA) is 114 Å². The molecule has 3 rings (SSSR count). The molecule has 0 aliphatic heterocycles. The maximum atomic E-state index is 13.2. The van der Waals surface area contributed by atoms with Gasteiger partial charge >= 0.3 is 12.2 Å². The van der Waals surface area contributed by atoms with Gasteiger partial charge in [-0.05, 0) is 24.3 Å². The Balaban J connectivity index is 1.65. The third-order valence-corrected chi connectivity index (χ3v) is 4.80. The molecule has 0 aliphatic carbocycles. The lowest BCUT2D eigenvalue weighted by molar-refractivity contribution is -0.141. The van der Waals surface area contributed by atoms with Crippen molar-refractivity contribution in [1.82, 2.24) is 14.9 Å². The molecule has 0 saturated heterocycles. The molecule has 0 aliphatic rings. The van der Waals surface area contributed by atoms with Crippen LogP contribution in [0.15, 0.2) is 34.9 Å². The minimum Gasteiger partial charge on any atom is -0.359 e. The SMILES string of the molecule is Cn1nc(C(F)(F)F)c(C(=O)Nc2ccc(NC(=O)Nc3cc(C(C)(C)C)on3)cc2)c1Cl. The highest BCUT2D eigenvalue weighted by atomic mass is 35.5. The summed E-state index contributed by atoms with van der Waals surface area (Å²) in [5.74, 6) is -0.241. The number of benzene rings is 1. The summed E-state index contributed by atoms with van der Waals surface area (Å²) in [6.07, 6.45) is -4.85. The van der Waals surface area contributed by atoms with E-state index >= 15 is 0 Å². The van der Waals surface area contributed by atoms with Crippen LogP contribution in [0.5, 0.6) is 0 Å². The van der Waals surface area contributed by atoms with Gasteiger partial charge in [0, 0.05) is 29.9 Å². The van der Waals surface area contributed by atoms with Gasteiger partial charge in [0.15, 0.2) is 11.5 Å². The van der Waals surface area contributed by atoms with Crippen LogP contribution in [-0.2, 0) is 18.6 Å². The minimum absolute atomic E-state index is 0.185. The second kappa shape index (κ2) is 8.77. The number of aryl methyl sites for hydroxylation is 1. The van der Waals surface area contributed by atoms with E-state index in [-0.39, 0.29) is 16.9 Å². The second-order valence-corrected chi connectivity index (χ2v) is 8.43. The summed E-state index contributed by atoms with van der Waals surface area (Å²) in [6.45, 7) is 5.80. The number of carbonyl (C=O) groups is 2. The third-order valence-electron chi connectivity index (χ3n) is 4.36. The van der Waals surface area contributed by atoms with Crippen molar-refractivity contribution in [3.63, 3.8) is 0 Å². The standard InChI is InChI=1S/C20H20ClF3N6O3/c1-19(2,3)12-9-13(29-33-12)27-18(32)26-11-7-5-10(6-8-11)25-17(31)14-15(20(22,23)24)28-30(4)16(14)21/h5-9H,1-4H3,(H,25,31)(H2,26,27,29,32). The van der Waals surface area contributed by atoms with E-state index in [1.165, 1.54) is 31.3 Å². The molecule has 0 unspecified atom stereocenters. The van der Waals surface area contributed by atoms with E-state index in [1.54, 1.807) is 6.07 Å². The maximum Gasteiger partial charge on any atom is 0.436 e. The lowest BCUT2D eigenvalue weighted by Crippen LogP contribution is -2.20. The molecule has 3 N–H and O–H groups in total. The smallest absolute Gasteiger partial charge is 0.359 e. The van der Waals surface area contributed by atoms with Crippen LogP contribution >= 0.6 is 11.6 Å². The Hall–Kier alpha value is -3.54. The average Bonchev–Trinajstić information content (AvgIpc) is 3.28. The van der Waals surface area contributed by atoms with Gasteiger partial charge in [-0.1, -0.05) is 37.5 Å². The predicted octanol–water partition coefficient (Wildman–Crippen LogP) is 5.27. The summed E-state index contributed by atoms with van der Waals surface area (Å²) in [7, 11) is 1.20. The lowest BCUT2D eigenvalue weighted by atomic mass is 9.93. The number of anilines is 3. The monoisotopic (exact) mass is 484 g/mol. The molecule has 9 nitrogen and oxygen atoms in total. The fourth-order valence-electron chi connectivity index (χ4n) is 2.70. The quantitative estimate of drug-likeness (QED) is 0.466. The predicted molar refractivity (Wildman–Crippen MR) is 115 cm³/mol. The first-order valence-corrected chi connectivity index (χ1v) is 9.90. The van der Waals surface area contributed by atoms with Crippen LogP contribution in [0.1, 0.15) is 42.6 Å². The first kappa shape index (κ1) is 24.1. The van der Waals surface area contributed by atoms with Crippen LogP contribution in [0.4, 0.5) is 35.2 Å². The van der Waals surface area contributed by atoms with Crippen molar-refractivity contribution in [2.45, 2.75) is 32.4 Å². The van der Waals surface area contributed by atoms with Crippen LogP contribution in [-0.4, -0.2) is 26.9 Å². The molecule has 2 heterocycles. The molecule has 1 aromatic carbocycles. The molecule has 33 heavy (non-hydrogen) atoms. The van der Waals surface area contributed by atoms with Gasteiger partial charge in [0.05, 0.1) is 0 Å². The molecule has 0 bridgehead atoms. The van der Waals surface area contributed by atoms with Crippen LogP contribution in [0, 0.1) is 0 Å². The van der Waals surface area contributed by atoms with Crippen molar-refractivity contribution < 1.29 is 27.3 Å². The van der Waals surface area contributed by atoms with Crippen LogP contribution in [0.3, 0.4) is 0 Å². The van der Waals surface area contributed by atoms with Crippen LogP contribution in [0.25, 0.3) is 0 Å². The van der Waals surface area contributed by atoms with E-state index in [9.17, 15) is 22.8 Å². The van der Waals surface area contributed by atoms with Gasteiger partial charge in [-0.25, -0.2) is 4.79 Å². The van der Waals surface area contributed by atoms with E-state index in [0.717, 1.165) is 4.68 Å². The van der Waals surface area contributed by atoms with Gasteiger partial charge in [-0.3, -0.25) is 14.8 Å². The van der Waals surface area contributed by atoms with Gasteiger partial charge in [0.2, 0.25) is 0 Å². The van der Waals surface area contributed by atoms with Crippen LogP contribution in [0.2, 0.25) is 5.15 Å². The number of amides is 3. The summed E-state index contributed by atoms with van der Waals surface area (Å²) in [6, 6.07) is 6.73. The lowest BCUT2D eigenvalue weighted by Gasteiger charge is -2.12. The Bertz CT molecular complexity index is 1180. The first-order valence-electron chi connectivity index (χ1n) is 9.52. The number of hydrogen-bond donors (Lipinski definition) is 3. The van der Waals surface area contributed by atoms with Crippen molar-refractivity contribution in [1.29, 1.82) is 0 Å².